The second kappa shape index (κ2) is 4.97. The van der Waals surface area contributed by atoms with Crippen LogP contribution in [0.4, 0.5) is 0 Å². The molecule has 0 radical (unpaired) electrons. The van der Waals surface area contributed by atoms with Crippen molar-refractivity contribution in [2.75, 3.05) is 20.1 Å². The van der Waals surface area contributed by atoms with Gasteiger partial charge in [-0.1, -0.05) is 12.8 Å². The predicted octanol–water partition coefficient (Wildman–Crippen LogP) is 1.39. The number of hydrogen-bond donors (Lipinski definition) is 1. The molecule has 2 aliphatic rings. The van der Waals surface area contributed by atoms with Gasteiger partial charge in [0, 0.05) is 25.6 Å². The largest absolute Gasteiger partial charge is 0.344 e. The zero-order valence-electron chi connectivity index (χ0n) is 9.67. The Morgan fingerprint density at radius 3 is 2.60 bits per heavy atom. The standard InChI is InChI=1S/C12H22N2O/c1-14(12(15)10-5-4-6-10)9-11-7-2-3-8-13-11/h10-11,13H,2-9H2,1H3. The van der Waals surface area contributed by atoms with Crippen LogP contribution in [0.25, 0.3) is 0 Å². The number of amides is 1. The Labute approximate surface area is 92.2 Å². The second-order valence-corrected chi connectivity index (χ2v) is 4.99. The average molecular weight is 210 g/mol. The van der Waals surface area contributed by atoms with E-state index in [1.165, 1.54) is 25.7 Å². The van der Waals surface area contributed by atoms with Crippen LogP contribution in [-0.2, 0) is 4.79 Å². The van der Waals surface area contributed by atoms with Crippen molar-refractivity contribution in [3.63, 3.8) is 0 Å². The summed E-state index contributed by atoms with van der Waals surface area (Å²) >= 11 is 0. The van der Waals surface area contributed by atoms with Crippen molar-refractivity contribution in [1.82, 2.24) is 10.2 Å². The molecule has 1 amide bonds. The summed E-state index contributed by atoms with van der Waals surface area (Å²) in [5.74, 6) is 0.715. The molecule has 1 saturated heterocycles. The lowest BCUT2D eigenvalue weighted by molar-refractivity contribution is -0.137. The van der Waals surface area contributed by atoms with Gasteiger partial charge in [-0.25, -0.2) is 0 Å². The fourth-order valence-electron chi connectivity index (χ4n) is 2.47. The number of nitrogens with zero attached hydrogens (tertiary/aromatic N) is 1. The normalized spacial score (nSPS) is 27.1. The van der Waals surface area contributed by atoms with Crippen molar-refractivity contribution >= 4 is 5.91 Å². The van der Waals surface area contributed by atoms with Crippen molar-refractivity contribution in [3.8, 4) is 0 Å². The predicted molar refractivity (Wildman–Crippen MR) is 60.6 cm³/mol. The van der Waals surface area contributed by atoms with E-state index >= 15 is 0 Å². The molecule has 3 nitrogen and oxygen atoms in total. The van der Waals surface area contributed by atoms with Crippen LogP contribution >= 0.6 is 0 Å². The molecular weight excluding hydrogens is 188 g/mol. The molecule has 3 heteroatoms. The van der Waals surface area contributed by atoms with E-state index in [9.17, 15) is 4.79 Å². The fourth-order valence-corrected chi connectivity index (χ4v) is 2.47. The summed E-state index contributed by atoms with van der Waals surface area (Å²) in [6, 6.07) is 0.535. The van der Waals surface area contributed by atoms with E-state index in [4.69, 9.17) is 0 Å². The molecule has 1 aliphatic carbocycles. The Kier molecular flexibility index (Phi) is 3.62. The molecule has 1 unspecified atom stereocenters. The van der Waals surface area contributed by atoms with Crippen molar-refractivity contribution in [1.29, 1.82) is 0 Å². The number of likely N-dealkylation sites (N-methyl/N-ethyl adjacent to an activating group) is 1. The first-order chi connectivity index (χ1) is 7.27. The number of carbonyl (C=O) groups is 1. The van der Waals surface area contributed by atoms with Gasteiger partial charge in [0.25, 0.3) is 0 Å². The number of hydrogen-bond acceptors (Lipinski definition) is 2. The fraction of sp³-hybridized carbons (Fsp3) is 0.917. The van der Waals surface area contributed by atoms with E-state index in [0.29, 0.717) is 17.9 Å². The molecule has 0 aromatic heterocycles. The van der Waals surface area contributed by atoms with Gasteiger partial charge < -0.3 is 10.2 Å². The minimum absolute atomic E-state index is 0.346. The minimum Gasteiger partial charge on any atom is -0.344 e. The Hall–Kier alpha value is -0.570. The molecule has 0 aromatic carbocycles. The molecule has 1 saturated carbocycles. The molecule has 1 N–H and O–H groups in total. The average Bonchev–Trinajstić information content (AvgIpc) is 2.16. The van der Waals surface area contributed by atoms with Crippen molar-refractivity contribution < 1.29 is 4.79 Å². The van der Waals surface area contributed by atoms with Gasteiger partial charge in [-0.2, -0.15) is 0 Å². The maximum atomic E-state index is 11.9. The first-order valence-corrected chi connectivity index (χ1v) is 6.26. The summed E-state index contributed by atoms with van der Waals surface area (Å²) in [6.45, 7) is 2.02. The quantitative estimate of drug-likeness (QED) is 0.763. The van der Waals surface area contributed by atoms with Gasteiger partial charge in [-0.15, -0.1) is 0 Å². The topological polar surface area (TPSA) is 32.3 Å². The van der Waals surface area contributed by atoms with Gasteiger partial charge >= 0.3 is 0 Å². The van der Waals surface area contributed by atoms with E-state index in [0.717, 1.165) is 25.9 Å². The van der Waals surface area contributed by atoms with Crippen LogP contribution in [0, 0.1) is 5.92 Å². The highest BCUT2D eigenvalue weighted by atomic mass is 16.2. The smallest absolute Gasteiger partial charge is 0.225 e. The summed E-state index contributed by atoms with van der Waals surface area (Å²) < 4.78 is 0. The van der Waals surface area contributed by atoms with Gasteiger partial charge in [0.05, 0.1) is 0 Å². The van der Waals surface area contributed by atoms with Crippen molar-refractivity contribution in [2.45, 2.75) is 44.6 Å². The van der Waals surface area contributed by atoms with Crippen LogP contribution in [0.15, 0.2) is 0 Å². The molecule has 2 rings (SSSR count). The molecule has 1 heterocycles. The van der Waals surface area contributed by atoms with Crippen LogP contribution in [0.1, 0.15) is 38.5 Å². The molecule has 0 aromatic rings. The zero-order chi connectivity index (χ0) is 10.7. The third kappa shape index (κ3) is 2.71. The Morgan fingerprint density at radius 1 is 1.27 bits per heavy atom. The molecule has 86 valence electrons. The summed E-state index contributed by atoms with van der Waals surface area (Å²) in [4.78, 5) is 13.8. The van der Waals surface area contributed by atoms with Gasteiger partial charge in [0.2, 0.25) is 5.91 Å². The number of rotatable bonds is 3. The summed E-state index contributed by atoms with van der Waals surface area (Å²) in [6.07, 6.45) is 7.29. The summed E-state index contributed by atoms with van der Waals surface area (Å²) in [5, 5.41) is 3.49. The maximum absolute atomic E-state index is 11.9. The highest BCUT2D eigenvalue weighted by molar-refractivity contribution is 5.79. The highest BCUT2D eigenvalue weighted by Gasteiger charge is 2.28. The summed E-state index contributed by atoms with van der Waals surface area (Å²) in [7, 11) is 1.96. The first-order valence-electron chi connectivity index (χ1n) is 6.26. The lowest BCUT2D eigenvalue weighted by atomic mass is 9.84. The SMILES string of the molecule is CN(CC1CCCCN1)C(=O)C1CCC1. The van der Waals surface area contributed by atoms with Crippen LogP contribution in [0.2, 0.25) is 0 Å². The zero-order valence-corrected chi connectivity index (χ0v) is 9.67. The van der Waals surface area contributed by atoms with E-state index in [2.05, 4.69) is 5.32 Å². The van der Waals surface area contributed by atoms with Crippen molar-refractivity contribution in [2.24, 2.45) is 5.92 Å². The molecule has 15 heavy (non-hydrogen) atoms. The highest BCUT2D eigenvalue weighted by Crippen LogP contribution is 2.28. The van der Waals surface area contributed by atoms with E-state index < -0.39 is 0 Å². The number of carbonyl (C=O) groups excluding carboxylic acids is 1. The van der Waals surface area contributed by atoms with Gasteiger partial charge in [-0.05, 0) is 32.2 Å². The van der Waals surface area contributed by atoms with Crippen molar-refractivity contribution in [3.05, 3.63) is 0 Å². The molecule has 1 atom stereocenters. The molecular formula is C12H22N2O. The van der Waals surface area contributed by atoms with E-state index in [1.807, 2.05) is 11.9 Å². The van der Waals surface area contributed by atoms with E-state index in [-0.39, 0.29) is 0 Å². The molecule has 2 fully saturated rings. The molecule has 0 bridgehead atoms. The number of piperidine rings is 1. The second-order valence-electron chi connectivity index (χ2n) is 4.99. The number of nitrogens with one attached hydrogen (secondary N) is 1. The lowest BCUT2D eigenvalue weighted by Gasteiger charge is -2.33. The third-order valence-electron chi connectivity index (χ3n) is 3.74. The Morgan fingerprint density at radius 2 is 2.07 bits per heavy atom. The monoisotopic (exact) mass is 210 g/mol. The van der Waals surface area contributed by atoms with E-state index in [1.54, 1.807) is 0 Å². The molecule has 1 aliphatic heterocycles. The maximum Gasteiger partial charge on any atom is 0.225 e. The Balaban J connectivity index is 1.74. The Bertz CT molecular complexity index is 220. The van der Waals surface area contributed by atoms with Gasteiger partial charge in [0.15, 0.2) is 0 Å². The first kappa shape index (κ1) is 10.9. The van der Waals surface area contributed by atoms with Crippen LogP contribution in [0.5, 0.6) is 0 Å². The van der Waals surface area contributed by atoms with Crippen LogP contribution in [0.3, 0.4) is 0 Å². The van der Waals surface area contributed by atoms with Crippen LogP contribution < -0.4 is 5.32 Å². The minimum atomic E-state index is 0.346. The van der Waals surface area contributed by atoms with Gasteiger partial charge in [-0.3, -0.25) is 4.79 Å². The molecule has 0 spiro atoms. The third-order valence-corrected chi connectivity index (χ3v) is 3.74. The lowest BCUT2D eigenvalue weighted by Crippen LogP contribution is -2.46. The van der Waals surface area contributed by atoms with Gasteiger partial charge in [0.1, 0.15) is 0 Å². The van der Waals surface area contributed by atoms with Crippen LogP contribution in [-0.4, -0.2) is 37.0 Å². The summed E-state index contributed by atoms with van der Waals surface area (Å²) in [5.41, 5.74) is 0.